The summed E-state index contributed by atoms with van der Waals surface area (Å²) in [7, 11) is 1.63. The van der Waals surface area contributed by atoms with Gasteiger partial charge in [0.05, 0.1) is 13.2 Å². The third-order valence-electron chi connectivity index (χ3n) is 4.12. The molecule has 0 saturated carbocycles. The van der Waals surface area contributed by atoms with E-state index in [1.54, 1.807) is 7.11 Å². The van der Waals surface area contributed by atoms with Gasteiger partial charge in [-0.05, 0) is 38.0 Å². The Morgan fingerprint density at radius 3 is 2.85 bits per heavy atom. The van der Waals surface area contributed by atoms with Crippen LogP contribution in [0.4, 0.5) is 0 Å². The highest BCUT2D eigenvalue weighted by Crippen LogP contribution is 2.43. The third-order valence-corrected chi connectivity index (χ3v) is 4.12. The lowest BCUT2D eigenvalue weighted by Crippen LogP contribution is -2.38. The van der Waals surface area contributed by atoms with Gasteiger partial charge in [0, 0.05) is 12.0 Å². The second-order valence-electron chi connectivity index (χ2n) is 5.99. The zero-order chi connectivity index (χ0) is 14.6. The van der Waals surface area contributed by atoms with Crippen LogP contribution in [-0.4, -0.2) is 17.8 Å². The summed E-state index contributed by atoms with van der Waals surface area (Å²) in [5, 5.41) is 10.4. The average Bonchev–Trinajstić information content (AvgIpc) is 2.43. The molecule has 1 unspecified atom stereocenters. The Morgan fingerprint density at radius 1 is 1.35 bits per heavy atom. The van der Waals surface area contributed by atoms with Crippen LogP contribution in [-0.2, 0) is 0 Å². The van der Waals surface area contributed by atoms with Crippen LogP contribution in [0, 0.1) is 0 Å². The van der Waals surface area contributed by atoms with Gasteiger partial charge in [-0.1, -0.05) is 26.2 Å². The number of hydrogen-bond acceptors (Lipinski definition) is 3. The molecule has 20 heavy (non-hydrogen) atoms. The average molecular weight is 278 g/mol. The predicted molar refractivity (Wildman–Crippen MR) is 80.4 cm³/mol. The van der Waals surface area contributed by atoms with Crippen molar-refractivity contribution in [1.29, 1.82) is 0 Å². The van der Waals surface area contributed by atoms with Crippen molar-refractivity contribution in [2.45, 2.75) is 64.1 Å². The molecule has 2 atom stereocenters. The zero-order valence-corrected chi connectivity index (χ0v) is 12.8. The molecule has 3 heteroatoms. The van der Waals surface area contributed by atoms with E-state index >= 15 is 0 Å². The molecule has 2 rings (SSSR count). The first kappa shape index (κ1) is 15.2. The fourth-order valence-electron chi connectivity index (χ4n) is 2.91. The first-order valence-electron chi connectivity index (χ1n) is 7.63. The molecule has 1 aromatic carbocycles. The van der Waals surface area contributed by atoms with Crippen LogP contribution in [0.2, 0.25) is 0 Å². The van der Waals surface area contributed by atoms with Gasteiger partial charge < -0.3 is 14.6 Å². The maximum absolute atomic E-state index is 10.4. The molecule has 0 aromatic heterocycles. The van der Waals surface area contributed by atoms with E-state index in [4.69, 9.17) is 9.47 Å². The van der Waals surface area contributed by atoms with Crippen molar-refractivity contribution in [1.82, 2.24) is 0 Å². The SMILES string of the molecule is CCCCCCC1(C)C[C@H](O)c2cc(OC)ccc2O1. The van der Waals surface area contributed by atoms with E-state index in [0.717, 1.165) is 29.9 Å². The fourth-order valence-corrected chi connectivity index (χ4v) is 2.91. The lowest BCUT2D eigenvalue weighted by molar-refractivity contribution is -0.00864. The molecule has 1 N–H and O–H groups in total. The Balaban J connectivity index is 2.06. The molecule has 1 aliphatic rings. The van der Waals surface area contributed by atoms with E-state index in [2.05, 4.69) is 13.8 Å². The monoisotopic (exact) mass is 278 g/mol. The van der Waals surface area contributed by atoms with Crippen molar-refractivity contribution in [2.24, 2.45) is 0 Å². The molecule has 0 fully saturated rings. The van der Waals surface area contributed by atoms with Crippen LogP contribution in [0.25, 0.3) is 0 Å². The van der Waals surface area contributed by atoms with E-state index < -0.39 is 6.10 Å². The van der Waals surface area contributed by atoms with Crippen molar-refractivity contribution in [3.8, 4) is 11.5 Å². The maximum Gasteiger partial charge on any atom is 0.126 e. The first-order chi connectivity index (χ1) is 9.58. The number of fused-ring (bicyclic) bond motifs is 1. The highest BCUT2D eigenvalue weighted by atomic mass is 16.5. The van der Waals surface area contributed by atoms with E-state index in [-0.39, 0.29) is 5.60 Å². The number of aliphatic hydroxyl groups excluding tert-OH is 1. The maximum atomic E-state index is 10.4. The quantitative estimate of drug-likeness (QED) is 0.791. The summed E-state index contributed by atoms with van der Waals surface area (Å²) in [6.45, 7) is 4.32. The van der Waals surface area contributed by atoms with Gasteiger partial charge in [0.25, 0.3) is 0 Å². The van der Waals surface area contributed by atoms with Crippen LogP contribution in [0.3, 0.4) is 0 Å². The summed E-state index contributed by atoms with van der Waals surface area (Å²) in [5.41, 5.74) is 0.588. The standard InChI is InChI=1S/C17H26O3/c1-4-5-6-7-10-17(2)12-15(18)14-11-13(19-3)8-9-16(14)20-17/h8-9,11,15,18H,4-7,10,12H2,1-3H3/t15-,17?/m0/s1. The van der Waals surface area contributed by atoms with Crippen LogP contribution >= 0.6 is 0 Å². The summed E-state index contributed by atoms with van der Waals surface area (Å²) in [6, 6.07) is 5.66. The lowest BCUT2D eigenvalue weighted by Gasteiger charge is -2.38. The van der Waals surface area contributed by atoms with Crippen molar-refractivity contribution < 1.29 is 14.6 Å². The molecule has 0 amide bonds. The number of methoxy groups -OCH3 is 1. The highest BCUT2D eigenvalue weighted by molar-refractivity contribution is 5.43. The van der Waals surface area contributed by atoms with Gasteiger partial charge in [-0.25, -0.2) is 0 Å². The smallest absolute Gasteiger partial charge is 0.126 e. The molecule has 1 heterocycles. The Hall–Kier alpha value is -1.22. The predicted octanol–water partition coefficient (Wildman–Crippen LogP) is 4.24. The summed E-state index contributed by atoms with van der Waals surface area (Å²) in [5.74, 6) is 1.56. The number of rotatable bonds is 6. The van der Waals surface area contributed by atoms with Crippen molar-refractivity contribution in [2.75, 3.05) is 7.11 Å². The van der Waals surface area contributed by atoms with Crippen molar-refractivity contribution >= 4 is 0 Å². The van der Waals surface area contributed by atoms with E-state index in [1.807, 2.05) is 18.2 Å². The number of ether oxygens (including phenoxy) is 2. The molecule has 0 bridgehead atoms. The van der Waals surface area contributed by atoms with Gasteiger partial charge in [-0.3, -0.25) is 0 Å². The molecular weight excluding hydrogens is 252 g/mol. The van der Waals surface area contributed by atoms with Crippen molar-refractivity contribution in [3.05, 3.63) is 23.8 Å². The Labute approximate surface area is 121 Å². The first-order valence-corrected chi connectivity index (χ1v) is 7.63. The lowest BCUT2D eigenvalue weighted by atomic mass is 9.86. The minimum atomic E-state index is -0.468. The Kier molecular flexibility index (Phi) is 4.92. The van der Waals surface area contributed by atoms with Gasteiger partial charge in [-0.15, -0.1) is 0 Å². The minimum Gasteiger partial charge on any atom is -0.497 e. The Morgan fingerprint density at radius 2 is 2.15 bits per heavy atom. The van der Waals surface area contributed by atoms with Crippen LogP contribution in [0.5, 0.6) is 11.5 Å². The van der Waals surface area contributed by atoms with Gasteiger partial charge in [-0.2, -0.15) is 0 Å². The second-order valence-corrected chi connectivity index (χ2v) is 5.99. The molecule has 1 aromatic rings. The Bertz CT molecular complexity index is 444. The largest absolute Gasteiger partial charge is 0.497 e. The normalized spacial score (nSPS) is 24.9. The molecule has 112 valence electrons. The van der Waals surface area contributed by atoms with Crippen molar-refractivity contribution in [3.63, 3.8) is 0 Å². The summed E-state index contributed by atoms with van der Waals surface area (Å²) < 4.78 is 11.4. The van der Waals surface area contributed by atoms with Gasteiger partial charge in [0.1, 0.15) is 17.1 Å². The molecule has 1 aliphatic heterocycles. The topological polar surface area (TPSA) is 38.7 Å². The second kappa shape index (κ2) is 6.49. The van der Waals surface area contributed by atoms with Crippen LogP contribution in [0.15, 0.2) is 18.2 Å². The number of hydrogen-bond donors (Lipinski definition) is 1. The summed E-state index contributed by atoms with van der Waals surface area (Å²) >= 11 is 0. The van der Waals surface area contributed by atoms with Gasteiger partial charge in [0.2, 0.25) is 0 Å². The van der Waals surface area contributed by atoms with Crippen LogP contribution in [0.1, 0.15) is 64.0 Å². The summed E-state index contributed by atoms with van der Waals surface area (Å²) in [6.07, 6.45) is 6.08. The molecule has 0 saturated heterocycles. The van der Waals surface area contributed by atoms with Crippen LogP contribution < -0.4 is 9.47 Å². The zero-order valence-electron chi connectivity index (χ0n) is 12.8. The highest BCUT2D eigenvalue weighted by Gasteiger charge is 2.36. The van der Waals surface area contributed by atoms with E-state index in [9.17, 15) is 5.11 Å². The van der Waals surface area contributed by atoms with E-state index in [0.29, 0.717) is 6.42 Å². The number of benzene rings is 1. The van der Waals surface area contributed by atoms with E-state index in [1.165, 1.54) is 19.3 Å². The van der Waals surface area contributed by atoms with Gasteiger partial charge >= 0.3 is 0 Å². The molecule has 3 nitrogen and oxygen atoms in total. The summed E-state index contributed by atoms with van der Waals surface area (Å²) in [4.78, 5) is 0. The number of aliphatic hydroxyl groups is 1. The molecule has 0 spiro atoms. The molecule has 0 radical (unpaired) electrons. The number of unbranched alkanes of at least 4 members (excludes halogenated alkanes) is 3. The fraction of sp³-hybridized carbons (Fsp3) is 0.647. The van der Waals surface area contributed by atoms with Gasteiger partial charge in [0.15, 0.2) is 0 Å². The molecular formula is C17H26O3. The minimum absolute atomic E-state index is 0.255. The molecule has 0 aliphatic carbocycles. The third kappa shape index (κ3) is 3.45.